The lowest BCUT2D eigenvalue weighted by atomic mass is 9.86. The summed E-state index contributed by atoms with van der Waals surface area (Å²) < 4.78 is 14.1. The highest BCUT2D eigenvalue weighted by atomic mass is 19.1. The van der Waals surface area contributed by atoms with Gasteiger partial charge in [0.1, 0.15) is 11.6 Å². The third kappa shape index (κ3) is 2.60. The first-order valence-electron chi connectivity index (χ1n) is 7.53. The molecule has 0 radical (unpaired) electrons. The van der Waals surface area contributed by atoms with E-state index in [0.717, 1.165) is 31.4 Å². The summed E-state index contributed by atoms with van der Waals surface area (Å²) in [4.78, 5) is 2.10. The number of halogens is 1. The van der Waals surface area contributed by atoms with Crippen LogP contribution in [0.5, 0.6) is 5.75 Å². The number of anilines is 1. The van der Waals surface area contributed by atoms with Crippen LogP contribution in [0.25, 0.3) is 0 Å². The average Bonchev–Trinajstić information content (AvgIpc) is 2.50. The van der Waals surface area contributed by atoms with Gasteiger partial charge < -0.3 is 10.0 Å². The summed E-state index contributed by atoms with van der Waals surface area (Å²) in [6, 6.07) is 12.6. The zero-order valence-electron chi connectivity index (χ0n) is 12.2. The van der Waals surface area contributed by atoms with Crippen molar-refractivity contribution < 1.29 is 9.50 Å². The van der Waals surface area contributed by atoms with Crippen LogP contribution in [-0.4, -0.2) is 11.7 Å². The zero-order chi connectivity index (χ0) is 14.8. The van der Waals surface area contributed by atoms with E-state index < -0.39 is 0 Å². The van der Waals surface area contributed by atoms with Gasteiger partial charge in [-0.25, -0.2) is 4.39 Å². The number of phenols is 1. The van der Waals surface area contributed by atoms with Crippen molar-refractivity contribution in [3.05, 3.63) is 59.4 Å². The van der Waals surface area contributed by atoms with E-state index in [9.17, 15) is 9.50 Å². The maximum absolute atomic E-state index is 14.1. The predicted molar refractivity (Wildman–Crippen MR) is 83.2 cm³/mol. The minimum atomic E-state index is -0.188. The Morgan fingerprint density at radius 1 is 1.24 bits per heavy atom. The number of nitrogens with zero attached hydrogens (tertiary/aromatic N) is 1. The molecule has 1 atom stereocenters. The van der Waals surface area contributed by atoms with Crippen molar-refractivity contribution >= 4 is 5.69 Å². The molecule has 0 amide bonds. The third-order valence-corrected chi connectivity index (χ3v) is 4.29. The molecular weight excluding hydrogens is 265 g/mol. The summed E-state index contributed by atoms with van der Waals surface area (Å²) in [5.74, 6) is 0.0943. The van der Waals surface area contributed by atoms with Crippen LogP contribution in [0, 0.1) is 5.82 Å². The average molecular weight is 285 g/mol. The van der Waals surface area contributed by atoms with Crippen LogP contribution in [0.1, 0.15) is 36.9 Å². The molecule has 0 aliphatic heterocycles. The molecule has 0 aromatic heterocycles. The van der Waals surface area contributed by atoms with Crippen LogP contribution in [-0.2, 0) is 6.42 Å². The molecule has 1 unspecified atom stereocenters. The van der Waals surface area contributed by atoms with E-state index in [0.29, 0.717) is 5.69 Å². The summed E-state index contributed by atoms with van der Waals surface area (Å²) in [5.41, 5.74) is 3.03. The molecule has 0 heterocycles. The van der Waals surface area contributed by atoms with Gasteiger partial charge in [0.15, 0.2) is 0 Å². The lowest BCUT2D eigenvalue weighted by Gasteiger charge is -2.37. The first-order valence-corrected chi connectivity index (χ1v) is 7.53. The standard InChI is InChI=1S/C18H20FNO/c1-2-20(18-8-4-3-7-16(18)19)17-9-5-6-13-10-11-14(21)12-15(13)17/h3-4,7-8,10-12,17,21H,2,5-6,9H2,1H3. The van der Waals surface area contributed by atoms with Gasteiger partial charge in [-0.05, 0) is 61.6 Å². The quantitative estimate of drug-likeness (QED) is 0.901. The van der Waals surface area contributed by atoms with Gasteiger partial charge >= 0.3 is 0 Å². The molecule has 110 valence electrons. The molecule has 1 N–H and O–H groups in total. The Kier molecular flexibility index (Phi) is 3.82. The molecule has 3 rings (SSSR count). The van der Waals surface area contributed by atoms with Gasteiger partial charge in [0, 0.05) is 6.54 Å². The topological polar surface area (TPSA) is 23.5 Å². The van der Waals surface area contributed by atoms with Gasteiger partial charge in [0.25, 0.3) is 0 Å². The fraction of sp³-hybridized carbons (Fsp3) is 0.333. The first kappa shape index (κ1) is 13.9. The summed E-state index contributed by atoms with van der Waals surface area (Å²) in [7, 11) is 0. The van der Waals surface area contributed by atoms with Crippen LogP contribution in [0.4, 0.5) is 10.1 Å². The van der Waals surface area contributed by atoms with Crippen molar-refractivity contribution in [3.8, 4) is 5.75 Å². The Balaban J connectivity index is 2.04. The lowest BCUT2D eigenvalue weighted by Crippen LogP contribution is -2.31. The Morgan fingerprint density at radius 2 is 2.05 bits per heavy atom. The molecule has 3 heteroatoms. The van der Waals surface area contributed by atoms with Crippen LogP contribution >= 0.6 is 0 Å². The van der Waals surface area contributed by atoms with Crippen LogP contribution in [0.2, 0.25) is 0 Å². The number of aromatic hydroxyl groups is 1. The van der Waals surface area contributed by atoms with Gasteiger partial charge in [-0.3, -0.25) is 0 Å². The summed E-state index contributed by atoms with van der Waals surface area (Å²) in [6.07, 6.45) is 3.10. The van der Waals surface area contributed by atoms with E-state index in [-0.39, 0.29) is 17.6 Å². The zero-order valence-corrected chi connectivity index (χ0v) is 12.2. The van der Waals surface area contributed by atoms with Crippen molar-refractivity contribution in [3.63, 3.8) is 0 Å². The molecule has 2 nitrogen and oxygen atoms in total. The molecule has 0 fully saturated rings. The number of benzene rings is 2. The largest absolute Gasteiger partial charge is 0.508 e. The normalized spacial score (nSPS) is 17.3. The van der Waals surface area contributed by atoms with E-state index >= 15 is 0 Å². The minimum Gasteiger partial charge on any atom is -0.508 e. The Hall–Kier alpha value is -2.03. The Labute approximate surface area is 124 Å². The number of para-hydroxylation sites is 1. The number of phenolic OH excluding ortho intramolecular Hbond substituents is 1. The minimum absolute atomic E-state index is 0.128. The van der Waals surface area contributed by atoms with E-state index in [2.05, 4.69) is 4.90 Å². The van der Waals surface area contributed by atoms with Crippen LogP contribution in [0.3, 0.4) is 0 Å². The molecular formula is C18H20FNO. The highest BCUT2D eigenvalue weighted by Crippen LogP contribution is 2.38. The van der Waals surface area contributed by atoms with Gasteiger partial charge in [-0.2, -0.15) is 0 Å². The third-order valence-electron chi connectivity index (χ3n) is 4.29. The Bertz CT molecular complexity index is 641. The maximum Gasteiger partial charge on any atom is 0.146 e. The molecule has 21 heavy (non-hydrogen) atoms. The van der Waals surface area contributed by atoms with E-state index in [4.69, 9.17) is 0 Å². The molecule has 0 saturated heterocycles. The van der Waals surface area contributed by atoms with Crippen molar-refractivity contribution in [2.75, 3.05) is 11.4 Å². The van der Waals surface area contributed by atoms with Crippen molar-refractivity contribution in [2.45, 2.75) is 32.2 Å². The second-order valence-electron chi connectivity index (χ2n) is 5.53. The van der Waals surface area contributed by atoms with Gasteiger partial charge in [-0.1, -0.05) is 18.2 Å². The van der Waals surface area contributed by atoms with Crippen molar-refractivity contribution in [1.82, 2.24) is 0 Å². The molecule has 1 aliphatic rings. The van der Waals surface area contributed by atoms with Gasteiger partial charge in [0.05, 0.1) is 11.7 Å². The Morgan fingerprint density at radius 3 is 2.81 bits per heavy atom. The van der Waals surface area contributed by atoms with E-state index in [1.165, 1.54) is 11.6 Å². The molecule has 0 spiro atoms. The van der Waals surface area contributed by atoms with Crippen molar-refractivity contribution in [1.29, 1.82) is 0 Å². The summed E-state index contributed by atoms with van der Waals surface area (Å²) in [5, 5.41) is 9.79. The van der Waals surface area contributed by atoms with Gasteiger partial charge in [0.2, 0.25) is 0 Å². The van der Waals surface area contributed by atoms with Crippen LogP contribution in [0.15, 0.2) is 42.5 Å². The van der Waals surface area contributed by atoms with E-state index in [1.807, 2.05) is 31.2 Å². The van der Waals surface area contributed by atoms with Crippen LogP contribution < -0.4 is 4.90 Å². The fourth-order valence-corrected chi connectivity index (χ4v) is 3.33. The number of rotatable bonds is 3. The first-order chi connectivity index (χ1) is 10.2. The predicted octanol–water partition coefficient (Wildman–Crippen LogP) is 4.44. The maximum atomic E-state index is 14.1. The molecule has 2 aromatic rings. The lowest BCUT2D eigenvalue weighted by molar-refractivity contribution is 0.467. The van der Waals surface area contributed by atoms with Gasteiger partial charge in [-0.15, -0.1) is 0 Å². The second-order valence-corrected chi connectivity index (χ2v) is 5.53. The molecule has 0 saturated carbocycles. The SMILES string of the molecule is CCN(c1ccccc1F)C1CCCc2ccc(O)cc21. The smallest absolute Gasteiger partial charge is 0.146 e. The molecule has 2 aromatic carbocycles. The number of hydrogen-bond acceptors (Lipinski definition) is 2. The number of aryl methyl sites for hydroxylation is 1. The second kappa shape index (κ2) is 5.76. The fourth-order valence-electron chi connectivity index (χ4n) is 3.33. The molecule has 1 aliphatic carbocycles. The highest BCUT2D eigenvalue weighted by Gasteiger charge is 2.27. The number of fused-ring (bicyclic) bond motifs is 1. The monoisotopic (exact) mass is 285 g/mol. The van der Waals surface area contributed by atoms with Crippen molar-refractivity contribution in [2.24, 2.45) is 0 Å². The molecule has 0 bridgehead atoms. The van der Waals surface area contributed by atoms with E-state index in [1.54, 1.807) is 12.1 Å². The highest BCUT2D eigenvalue weighted by molar-refractivity contribution is 5.52. The summed E-state index contributed by atoms with van der Waals surface area (Å²) >= 11 is 0. The summed E-state index contributed by atoms with van der Waals surface area (Å²) in [6.45, 7) is 2.78. The number of hydrogen-bond donors (Lipinski definition) is 1.